The molecule has 5 aromatic carbocycles. The van der Waals surface area contributed by atoms with Crippen LogP contribution in [0.25, 0.3) is 33.7 Å². The minimum absolute atomic E-state index is 0.0102. The molecular weight excluding hydrogens is 926 g/mol. The highest BCUT2D eigenvalue weighted by molar-refractivity contribution is 9.10. The summed E-state index contributed by atoms with van der Waals surface area (Å²) in [6.45, 7) is 3.76. The van der Waals surface area contributed by atoms with Gasteiger partial charge in [-0.05, 0) is 93.0 Å². The fourth-order valence-corrected chi connectivity index (χ4v) is 8.33. The number of benzene rings is 5. The van der Waals surface area contributed by atoms with Gasteiger partial charge in [0.1, 0.15) is 17.4 Å². The van der Waals surface area contributed by atoms with Crippen LogP contribution in [-0.2, 0) is 41.4 Å². The number of carboxylic acid groups (broad SMARTS) is 2. The van der Waals surface area contributed by atoms with E-state index in [1.807, 2.05) is 64.4 Å². The normalized spacial score (nSPS) is 12.2. The molecule has 1 aliphatic carbocycles. The van der Waals surface area contributed by atoms with Gasteiger partial charge in [0.15, 0.2) is 11.6 Å². The molecule has 2 heterocycles. The topological polar surface area (TPSA) is 153 Å². The lowest BCUT2D eigenvalue weighted by molar-refractivity contribution is -0.138. The van der Waals surface area contributed by atoms with Crippen molar-refractivity contribution < 1.29 is 38.1 Å². The Morgan fingerprint density at radius 1 is 0.642 bits per heavy atom. The molecule has 0 saturated heterocycles. The number of aromatic hydroxyl groups is 1. The van der Waals surface area contributed by atoms with Crippen LogP contribution in [0.2, 0.25) is 0 Å². The van der Waals surface area contributed by atoms with Crippen LogP contribution < -0.4 is 9.80 Å². The SMILES string of the molecule is Cc1ccc(CCN(CCC(=O)O)c2nc(-c3cccc(Br)c3)nc3cc(O)ccc23)cc1.O=C(O)CCN(CCc1ccccc1)c1nc(-c2cccc(C(F)(F)F)c2)nc2c1CCCC2. The summed E-state index contributed by atoms with van der Waals surface area (Å²) in [5, 5.41) is 29.5. The van der Waals surface area contributed by atoms with E-state index in [4.69, 9.17) is 9.97 Å². The van der Waals surface area contributed by atoms with Crippen molar-refractivity contribution in [2.24, 2.45) is 0 Å². The smallest absolute Gasteiger partial charge is 0.416 e. The van der Waals surface area contributed by atoms with Gasteiger partial charge in [0.25, 0.3) is 0 Å². The molecule has 0 bridgehead atoms. The maximum absolute atomic E-state index is 13.3. The lowest BCUT2D eigenvalue weighted by Gasteiger charge is -2.29. The highest BCUT2D eigenvalue weighted by atomic mass is 79.9. The number of anilines is 2. The van der Waals surface area contributed by atoms with E-state index < -0.39 is 23.7 Å². The van der Waals surface area contributed by atoms with Gasteiger partial charge in [-0.2, -0.15) is 13.2 Å². The van der Waals surface area contributed by atoms with Gasteiger partial charge >= 0.3 is 18.1 Å². The summed E-state index contributed by atoms with van der Waals surface area (Å²) >= 11 is 3.49. The van der Waals surface area contributed by atoms with Crippen LogP contribution in [0.3, 0.4) is 0 Å². The van der Waals surface area contributed by atoms with Crippen LogP contribution in [0.15, 0.2) is 126 Å². The van der Waals surface area contributed by atoms with Gasteiger partial charge < -0.3 is 25.1 Å². The van der Waals surface area contributed by atoms with E-state index in [0.717, 1.165) is 76.5 Å². The standard InChI is InChI=1S/C26H24BrN3O3.C26H26F3N3O2/c1-17-5-7-18(8-6-17)11-13-30(14-12-24(32)33)26-22-10-9-21(31)16-23(22)28-25(29-26)19-3-2-4-20(27)15-19;27-26(28,29)20-10-6-9-19(17-20)24-30-22-12-5-4-11-21(22)25(31-24)32(16-14-23(33)34)15-13-18-7-2-1-3-8-18/h2-10,15-16,31H,11-14H2,1H3,(H,32,33);1-3,6-10,17H,4-5,11-16H2,(H,33,34). The average Bonchev–Trinajstić information content (AvgIpc) is 3.31. The van der Waals surface area contributed by atoms with Gasteiger partial charge in [0, 0.05) is 64.5 Å². The number of aromatic nitrogens is 4. The number of fused-ring (bicyclic) bond motifs is 2. The van der Waals surface area contributed by atoms with Crippen LogP contribution in [0.5, 0.6) is 5.75 Å². The molecule has 0 saturated carbocycles. The zero-order valence-electron chi connectivity index (χ0n) is 36.9. The molecule has 67 heavy (non-hydrogen) atoms. The number of halogens is 4. The van der Waals surface area contributed by atoms with Crippen molar-refractivity contribution in [3.63, 3.8) is 0 Å². The van der Waals surface area contributed by atoms with Crippen molar-refractivity contribution in [1.82, 2.24) is 19.9 Å². The number of hydrogen-bond acceptors (Lipinski definition) is 9. The van der Waals surface area contributed by atoms with Gasteiger partial charge in [-0.15, -0.1) is 0 Å². The fourth-order valence-electron chi connectivity index (χ4n) is 7.93. The van der Waals surface area contributed by atoms with E-state index in [-0.39, 0.29) is 31.0 Å². The van der Waals surface area contributed by atoms with E-state index >= 15 is 0 Å². The first-order valence-electron chi connectivity index (χ1n) is 22.1. The molecule has 11 nitrogen and oxygen atoms in total. The lowest BCUT2D eigenvalue weighted by Crippen LogP contribution is -2.31. The number of aliphatic carboxylic acids is 2. The summed E-state index contributed by atoms with van der Waals surface area (Å²) in [4.78, 5) is 45.6. The summed E-state index contributed by atoms with van der Waals surface area (Å²) in [6.07, 6.45) is 0.313. The number of phenolic OH excluding ortho intramolecular Hbond substituents is 1. The molecule has 0 aliphatic heterocycles. The Hall–Kier alpha value is -6.87. The highest BCUT2D eigenvalue weighted by Gasteiger charge is 2.31. The molecule has 0 amide bonds. The molecule has 0 atom stereocenters. The largest absolute Gasteiger partial charge is 0.508 e. The van der Waals surface area contributed by atoms with Crippen molar-refractivity contribution in [2.75, 3.05) is 36.0 Å². The first-order chi connectivity index (χ1) is 32.2. The number of carbonyl (C=O) groups is 2. The Morgan fingerprint density at radius 3 is 1.90 bits per heavy atom. The first kappa shape index (κ1) is 48.1. The van der Waals surface area contributed by atoms with Crippen LogP contribution in [0.4, 0.5) is 24.8 Å². The van der Waals surface area contributed by atoms with Crippen molar-refractivity contribution in [1.29, 1.82) is 0 Å². The monoisotopic (exact) mass is 974 g/mol. The molecule has 0 unspecified atom stereocenters. The van der Waals surface area contributed by atoms with Crippen LogP contribution in [0.1, 0.15) is 59.2 Å². The molecule has 1 aliphatic rings. The summed E-state index contributed by atoms with van der Waals surface area (Å²) in [7, 11) is 0. The molecular formula is C52H50BrF3N6O5. The number of hydrogen-bond donors (Lipinski definition) is 3. The second-order valence-electron chi connectivity index (χ2n) is 16.4. The van der Waals surface area contributed by atoms with Crippen LogP contribution in [0, 0.1) is 6.92 Å². The highest BCUT2D eigenvalue weighted by Crippen LogP contribution is 2.35. The average molecular weight is 976 g/mol. The second-order valence-corrected chi connectivity index (χ2v) is 17.3. The van der Waals surface area contributed by atoms with E-state index in [1.165, 1.54) is 17.2 Å². The number of phenols is 1. The quantitative estimate of drug-likeness (QED) is 0.0848. The fraction of sp³-hybridized carbons (Fsp3) is 0.269. The number of aryl methyl sites for hydroxylation is 2. The molecule has 8 rings (SSSR count). The molecule has 0 fully saturated rings. The molecule has 346 valence electrons. The Labute approximate surface area is 395 Å². The third-order valence-electron chi connectivity index (χ3n) is 11.4. The predicted octanol–water partition coefficient (Wildman–Crippen LogP) is 11.2. The van der Waals surface area contributed by atoms with Crippen LogP contribution in [-0.4, -0.2) is 73.4 Å². The van der Waals surface area contributed by atoms with Crippen LogP contribution >= 0.6 is 15.9 Å². The Balaban J connectivity index is 0.000000199. The van der Waals surface area contributed by atoms with E-state index in [9.17, 15) is 38.1 Å². The molecule has 15 heteroatoms. The Kier molecular flexibility index (Phi) is 15.8. The molecule has 0 radical (unpaired) electrons. The molecule has 2 aromatic heterocycles. The second kappa shape index (κ2) is 22.1. The third kappa shape index (κ3) is 13.2. The van der Waals surface area contributed by atoms with Crippen molar-refractivity contribution >= 4 is 50.4 Å². The summed E-state index contributed by atoms with van der Waals surface area (Å²) in [5.74, 6) is 0.382. The maximum atomic E-state index is 13.3. The number of nitrogens with zero attached hydrogens (tertiary/aromatic N) is 6. The number of alkyl halides is 3. The van der Waals surface area contributed by atoms with E-state index in [0.29, 0.717) is 54.6 Å². The maximum Gasteiger partial charge on any atom is 0.416 e. The summed E-state index contributed by atoms with van der Waals surface area (Å²) < 4.78 is 40.8. The Morgan fingerprint density at radius 2 is 1.24 bits per heavy atom. The van der Waals surface area contributed by atoms with Crippen molar-refractivity contribution in [3.8, 4) is 28.5 Å². The van der Waals surface area contributed by atoms with Gasteiger partial charge in [0.2, 0.25) is 0 Å². The number of rotatable bonds is 16. The van der Waals surface area contributed by atoms with Gasteiger partial charge in [0.05, 0.1) is 23.9 Å². The van der Waals surface area contributed by atoms with Crippen molar-refractivity contribution in [2.45, 2.75) is 64.5 Å². The van der Waals surface area contributed by atoms with E-state index in [1.54, 1.807) is 24.3 Å². The van der Waals surface area contributed by atoms with Gasteiger partial charge in [-0.25, -0.2) is 19.9 Å². The minimum Gasteiger partial charge on any atom is -0.508 e. The first-order valence-corrected chi connectivity index (χ1v) is 22.9. The lowest BCUT2D eigenvalue weighted by atomic mass is 9.95. The third-order valence-corrected chi connectivity index (χ3v) is 11.9. The predicted molar refractivity (Wildman–Crippen MR) is 257 cm³/mol. The summed E-state index contributed by atoms with van der Waals surface area (Å²) in [6, 6.07) is 35.9. The van der Waals surface area contributed by atoms with Gasteiger partial charge in [-0.3, -0.25) is 9.59 Å². The van der Waals surface area contributed by atoms with E-state index in [2.05, 4.69) is 57.1 Å². The van der Waals surface area contributed by atoms with Gasteiger partial charge in [-0.1, -0.05) is 100 Å². The zero-order valence-corrected chi connectivity index (χ0v) is 38.5. The zero-order chi connectivity index (χ0) is 47.5. The minimum atomic E-state index is -4.46. The molecule has 3 N–H and O–H groups in total. The molecule has 0 spiro atoms. The van der Waals surface area contributed by atoms with Crippen molar-refractivity contribution in [3.05, 3.63) is 159 Å². The Bertz CT molecular complexity index is 2830. The number of carboxylic acids is 2. The molecule has 7 aromatic rings. The summed E-state index contributed by atoms with van der Waals surface area (Å²) in [5.41, 5.74) is 6.27.